The van der Waals surface area contributed by atoms with Crippen LogP contribution in [0.15, 0.2) is 0 Å². The maximum Gasteiger partial charge on any atom is 0.490 e. The Labute approximate surface area is 63.3 Å². The van der Waals surface area contributed by atoms with Gasteiger partial charge in [0.15, 0.2) is 0 Å². The lowest BCUT2D eigenvalue weighted by Gasteiger charge is -1.84. The lowest BCUT2D eigenvalue weighted by Crippen LogP contribution is -2.24. The summed E-state index contributed by atoms with van der Waals surface area (Å²) in [7, 11) is 0. The van der Waals surface area contributed by atoms with Crippen LogP contribution in [-0.4, -0.2) is 27.4 Å². The maximum atomic E-state index is 10.8. The molecule has 11 heavy (non-hydrogen) atoms. The lowest BCUT2D eigenvalue weighted by atomic mass is 10.1. The number of carbonyl (C=O) groups excluding carboxylic acids is 1. The summed E-state index contributed by atoms with van der Waals surface area (Å²) in [6.45, 7) is 1.75. The Kier molecular flexibility index (Phi) is 3.77. The molecule has 0 heterocycles. The molecule has 0 aliphatic rings. The molecule has 0 saturated heterocycles. The summed E-state index contributed by atoms with van der Waals surface area (Å²) in [6, 6.07) is 0. The topological polar surface area (TPSA) is 92.3 Å². The molecule has 0 bridgehead atoms. The Bertz CT molecular complexity index is 228. The van der Waals surface area contributed by atoms with Crippen molar-refractivity contribution in [3.63, 3.8) is 0 Å². The van der Waals surface area contributed by atoms with Crippen molar-refractivity contribution in [2.75, 3.05) is 0 Å². The zero-order valence-corrected chi connectivity index (χ0v) is 6.13. The highest BCUT2D eigenvalue weighted by molar-refractivity contribution is 6.61. The fourth-order valence-corrected chi connectivity index (χ4v) is 0.575. The number of carbonyl (C=O) groups is 2. The van der Waals surface area contributed by atoms with Gasteiger partial charge in [0.05, 0.1) is 10.3 Å². The summed E-state index contributed by atoms with van der Waals surface area (Å²) < 4.78 is 0. The molecule has 5 heteroatoms. The van der Waals surface area contributed by atoms with Crippen molar-refractivity contribution >= 4 is 17.5 Å². The van der Waals surface area contributed by atoms with Crippen LogP contribution < -0.4 is 0 Å². The van der Waals surface area contributed by atoms with E-state index in [1.54, 1.807) is 6.92 Å². The van der Waals surface area contributed by atoms with Crippen LogP contribution >= 0.6 is 0 Å². The molecule has 60 valence electrons. The first-order valence-corrected chi connectivity index (χ1v) is 3.14. The average Bonchev–Trinajstić information content (AvgIpc) is 1.88. The molecular formula is C6H9N2O3+. The van der Waals surface area contributed by atoms with Gasteiger partial charge in [-0.2, -0.15) is 0 Å². The Morgan fingerprint density at radius 2 is 2.09 bits per heavy atom. The van der Waals surface area contributed by atoms with Gasteiger partial charge in [0.25, 0.3) is 5.78 Å². The number of nitrogens with zero attached hydrogens (tertiary/aromatic N) is 1. The van der Waals surface area contributed by atoms with Crippen LogP contribution in [0, 0.1) is 5.53 Å². The summed E-state index contributed by atoms with van der Waals surface area (Å²) >= 11 is 0. The van der Waals surface area contributed by atoms with E-state index in [4.69, 9.17) is 10.6 Å². The SMILES string of the molecule is CCCC(=O)C(=[N+]=N)C(=O)O. The first-order valence-electron chi connectivity index (χ1n) is 3.14. The van der Waals surface area contributed by atoms with Crippen LogP contribution in [0.25, 0.3) is 0 Å². The van der Waals surface area contributed by atoms with E-state index in [1.807, 2.05) is 0 Å². The third-order valence-electron chi connectivity index (χ3n) is 1.06. The molecule has 0 aliphatic carbocycles. The maximum absolute atomic E-state index is 10.8. The molecule has 0 amide bonds. The molecule has 0 aliphatic heterocycles. The Morgan fingerprint density at radius 1 is 1.55 bits per heavy atom. The van der Waals surface area contributed by atoms with E-state index in [0.717, 1.165) is 0 Å². The molecule has 0 unspecified atom stereocenters. The lowest BCUT2D eigenvalue weighted by molar-refractivity contribution is -0.152. The predicted octanol–water partition coefficient (Wildman–Crippen LogP) is 0.120. The van der Waals surface area contributed by atoms with E-state index in [9.17, 15) is 9.59 Å². The summed E-state index contributed by atoms with van der Waals surface area (Å²) in [4.78, 5) is 23.6. The summed E-state index contributed by atoms with van der Waals surface area (Å²) in [5.41, 5.74) is 5.70. The van der Waals surface area contributed by atoms with E-state index in [1.165, 1.54) is 0 Å². The van der Waals surface area contributed by atoms with E-state index < -0.39 is 17.5 Å². The van der Waals surface area contributed by atoms with Gasteiger partial charge in [-0.25, -0.2) is 4.79 Å². The number of aliphatic carboxylic acids is 1. The van der Waals surface area contributed by atoms with Crippen LogP contribution in [0.3, 0.4) is 0 Å². The minimum absolute atomic E-state index is 0.129. The first-order chi connectivity index (χ1) is 5.13. The zero-order chi connectivity index (χ0) is 8.85. The third-order valence-corrected chi connectivity index (χ3v) is 1.06. The predicted molar refractivity (Wildman–Crippen MR) is 35.5 cm³/mol. The van der Waals surface area contributed by atoms with Gasteiger partial charge < -0.3 is 5.11 Å². The molecule has 0 aromatic heterocycles. The van der Waals surface area contributed by atoms with E-state index in [0.29, 0.717) is 6.42 Å². The van der Waals surface area contributed by atoms with Gasteiger partial charge in [0, 0.05) is 6.42 Å². The van der Waals surface area contributed by atoms with E-state index in [2.05, 4.69) is 4.79 Å². The highest BCUT2D eigenvalue weighted by Gasteiger charge is 2.30. The number of ketones is 1. The third kappa shape index (κ3) is 2.73. The van der Waals surface area contributed by atoms with Crippen molar-refractivity contribution in [2.24, 2.45) is 0 Å². The Balaban J connectivity index is 4.42. The zero-order valence-electron chi connectivity index (χ0n) is 6.13. The van der Waals surface area contributed by atoms with Gasteiger partial charge in [0.1, 0.15) is 0 Å². The van der Waals surface area contributed by atoms with Crippen molar-refractivity contribution in [2.45, 2.75) is 19.8 Å². The highest BCUT2D eigenvalue weighted by atomic mass is 16.4. The van der Waals surface area contributed by atoms with Gasteiger partial charge in [-0.1, -0.05) is 6.92 Å². The monoisotopic (exact) mass is 157 g/mol. The Hall–Kier alpha value is -1.48. The van der Waals surface area contributed by atoms with Crippen LogP contribution in [0.1, 0.15) is 19.8 Å². The summed E-state index contributed by atoms with van der Waals surface area (Å²) in [6.07, 6.45) is 0.690. The van der Waals surface area contributed by atoms with Crippen LogP contribution in [0.5, 0.6) is 0 Å². The minimum Gasteiger partial charge on any atom is -0.472 e. The largest absolute Gasteiger partial charge is 0.490 e. The minimum atomic E-state index is -1.43. The standard InChI is InChI=1S/C6H8N2O3/c1-2-3-4(9)5(8-7)6(10)11/h7H,2-3H2,1H3/p+1. The second-order valence-corrected chi connectivity index (χ2v) is 1.94. The van der Waals surface area contributed by atoms with Gasteiger partial charge in [-0.05, 0) is 6.42 Å². The van der Waals surface area contributed by atoms with Crippen molar-refractivity contribution < 1.29 is 19.5 Å². The second kappa shape index (κ2) is 4.35. The normalized spacial score (nSPS) is 8.45. The van der Waals surface area contributed by atoms with Crippen molar-refractivity contribution in [3.8, 4) is 0 Å². The molecule has 5 nitrogen and oxygen atoms in total. The average molecular weight is 157 g/mol. The number of hydrogen-bond donors (Lipinski definition) is 2. The van der Waals surface area contributed by atoms with E-state index >= 15 is 0 Å². The number of carboxylic acid groups (broad SMARTS) is 1. The highest BCUT2D eigenvalue weighted by Crippen LogP contribution is 1.90. The smallest absolute Gasteiger partial charge is 0.472 e. The molecule has 2 N–H and O–H groups in total. The van der Waals surface area contributed by atoms with Crippen molar-refractivity contribution in [1.82, 2.24) is 0 Å². The molecular weight excluding hydrogens is 148 g/mol. The van der Waals surface area contributed by atoms with Crippen LogP contribution in [0.4, 0.5) is 0 Å². The first kappa shape index (κ1) is 9.52. The van der Waals surface area contributed by atoms with Crippen molar-refractivity contribution in [1.29, 1.82) is 5.53 Å². The van der Waals surface area contributed by atoms with Gasteiger partial charge in [-0.3, -0.25) is 4.79 Å². The quantitative estimate of drug-likeness (QED) is 0.263. The van der Waals surface area contributed by atoms with Gasteiger partial charge in [0.2, 0.25) is 0 Å². The molecule has 0 aromatic carbocycles. The van der Waals surface area contributed by atoms with Crippen LogP contribution in [-0.2, 0) is 9.59 Å². The number of rotatable bonds is 4. The number of carboxylic acids is 1. The summed E-state index contributed by atoms with van der Waals surface area (Å²) in [5, 5.41) is 8.30. The molecule has 0 atom stereocenters. The fraction of sp³-hybridized carbons (Fsp3) is 0.500. The molecule has 0 rings (SSSR count). The van der Waals surface area contributed by atoms with Crippen molar-refractivity contribution in [3.05, 3.63) is 0 Å². The molecule has 0 fully saturated rings. The fourth-order valence-electron chi connectivity index (χ4n) is 0.575. The number of nitrogens with one attached hydrogen (secondary N) is 1. The summed E-state index contributed by atoms with van der Waals surface area (Å²) in [5.74, 6) is -2.02. The molecule has 0 aromatic rings. The molecule has 0 spiro atoms. The number of Topliss-reactive ketones (excluding diaryl/α,β-unsaturated/α-hetero) is 1. The Morgan fingerprint density at radius 3 is 2.36 bits per heavy atom. The number of hydrogen-bond acceptors (Lipinski definition) is 3. The molecule has 0 saturated carbocycles. The van der Waals surface area contributed by atoms with Gasteiger partial charge >= 0.3 is 11.7 Å². The van der Waals surface area contributed by atoms with Crippen LogP contribution in [0.2, 0.25) is 0 Å². The van der Waals surface area contributed by atoms with Gasteiger partial charge in [-0.15, -0.1) is 0 Å². The molecule has 0 radical (unpaired) electrons. The van der Waals surface area contributed by atoms with E-state index in [-0.39, 0.29) is 6.42 Å². The second-order valence-electron chi connectivity index (χ2n) is 1.94.